The monoisotopic (exact) mass is 223 g/mol. The summed E-state index contributed by atoms with van der Waals surface area (Å²) in [4.78, 5) is 8.74. The molecule has 0 saturated heterocycles. The largest absolute Gasteiger partial charge is 0.374 e. The van der Waals surface area contributed by atoms with Crippen molar-refractivity contribution >= 4 is 0 Å². The highest BCUT2D eigenvalue weighted by Crippen LogP contribution is 2.14. The number of rotatable bonds is 6. The average molecular weight is 223 g/mol. The molecule has 1 N–H and O–H groups in total. The Hall–Kier alpha value is -1.00. The van der Waals surface area contributed by atoms with Gasteiger partial charge in [-0.2, -0.15) is 0 Å². The van der Waals surface area contributed by atoms with Crippen molar-refractivity contribution in [2.24, 2.45) is 0 Å². The van der Waals surface area contributed by atoms with E-state index in [2.05, 4.69) is 29.1 Å². The maximum atomic E-state index is 5.28. The predicted octanol–water partition coefficient (Wildman–Crippen LogP) is 1.99. The van der Waals surface area contributed by atoms with Crippen LogP contribution in [-0.2, 0) is 11.3 Å². The molecule has 1 aromatic rings. The normalized spacial score (nSPS) is 12.8. The molecule has 0 saturated carbocycles. The van der Waals surface area contributed by atoms with E-state index in [1.54, 1.807) is 0 Å². The molecular weight excluding hydrogens is 202 g/mol. The van der Waals surface area contributed by atoms with Crippen molar-refractivity contribution in [2.75, 3.05) is 13.2 Å². The summed E-state index contributed by atoms with van der Waals surface area (Å²) in [5.41, 5.74) is 2.18. The van der Waals surface area contributed by atoms with E-state index < -0.39 is 0 Å². The minimum atomic E-state index is 0.297. The van der Waals surface area contributed by atoms with Crippen LogP contribution in [0.2, 0.25) is 0 Å². The van der Waals surface area contributed by atoms with Gasteiger partial charge < -0.3 is 10.1 Å². The van der Waals surface area contributed by atoms with Crippen LogP contribution in [0.3, 0.4) is 0 Å². The van der Waals surface area contributed by atoms with Crippen LogP contribution >= 0.6 is 0 Å². The zero-order chi connectivity index (χ0) is 12.0. The first-order valence-electron chi connectivity index (χ1n) is 5.82. The van der Waals surface area contributed by atoms with Gasteiger partial charge in [0.15, 0.2) is 5.82 Å². The third kappa shape index (κ3) is 3.54. The Balaban J connectivity index is 2.74. The van der Waals surface area contributed by atoms with Crippen LogP contribution in [-0.4, -0.2) is 23.1 Å². The highest BCUT2D eigenvalue weighted by molar-refractivity contribution is 5.19. The summed E-state index contributed by atoms with van der Waals surface area (Å²) in [7, 11) is 0. The summed E-state index contributed by atoms with van der Waals surface area (Å²) in [5, 5.41) is 3.35. The topological polar surface area (TPSA) is 47.0 Å². The second-order valence-corrected chi connectivity index (χ2v) is 3.74. The average Bonchev–Trinajstić information content (AvgIpc) is 2.26. The summed E-state index contributed by atoms with van der Waals surface area (Å²) in [5.74, 6) is 0.756. The predicted molar refractivity (Wildman–Crippen MR) is 64.2 cm³/mol. The van der Waals surface area contributed by atoms with E-state index in [9.17, 15) is 0 Å². The Morgan fingerprint density at radius 3 is 2.75 bits per heavy atom. The van der Waals surface area contributed by atoms with Crippen LogP contribution in [0.25, 0.3) is 0 Å². The maximum Gasteiger partial charge on any atom is 0.154 e. The lowest BCUT2D eigenvalue weighted by Gasteiger charge is -2.14. The molecule has 0 aliphatic carbocycles. The molecule has 4 nitrogen and oxygen atoms in total. The Morgan fingerprint density at radius 2 is 2.19 bits per heavy atom. The van der Waals surface area contributed by atoms with Crippen molar-refractivity contribution in [3.8, 4) is 0 Å². The second-order valence-electron chi connectivity index (χ2n) is 3.74. The zero-order valence-corrected chi connectivity index (χ0v) is 10.6. The van der Waals surface area contributed by atoms with E-state index in [-0.39, 0.29) is 0 Å². The van der Waals surface area contributed by atoms with Crippen LogP contribution < -0.4 is 5.32 Å². The van der Waals surface area contributed by atoms with Gasteiger partial charge in [-0.05, 0) is 27.3 Å². The number of nitrogens with one attached hydrogen (secondary N) is 1. The molecule has 0 aliphatic heterocycles. The maximum absolute atomic E-state index is 5.28. The molecule has 1 atom stereocenters. The van der Waals surface area contributed by atoms with Gasteiger partial charge in [0, 0.05) is 30.1 Å². The molecular formula is C12H21N3O. The standard InChI is InChI=1S/C12H21N3O/c1-5-13-9(3)11-7-14-12(8-16-6-2)15-10(11)4/h7,9,13H,5-6,8H2,1-4H3. The van der Waals surface area contributed by atoms with Crippen molar-refractivity contribution in [1.29, 1.82) is 0 Å². The first-order valence-corrected chi connectivity index (χ1v) is 5.82. The number of hydrogen-bond acceptors (Lipinski definition) is 4. The van der Waals surface area contributed by atoms with E-state index in [1.807, 2.05) is 20.0 Å². The first kappa shape index (κ1) is 13.1. The fraction of sp³-hybridized carbons (Fsp3) is 0.667. The Labute approximate surface area is 97.5 Å². The lowest BCUT2D eigenvalue weighted by atomic mass is 10.1. The first-order chi connectivity index (χ1) is 7.69. The SMILES string of the molecule is CCNC(C)c1cnc(COCC)nc1C. The second kappa shape index (κ2) is 6.55. The Kier molecular flexibility index (Phi) is 5.35. The highest BCUT2D eigenvalue weighted by Gasteiger charge is 2.09. The summed E-state index contributed by atoms with van der Waals surface area (Å²) >= 11 is 0. The molecule has 0 radical (unpaired) electrons. The summed E-state index contributed by atoms with van der Waals surface area (Å²) < 4.78 is 5.28. The van der Waals surface area contributed by atoms with Gasteiger partial charge in [-0.25, -0.2) is 9.97 Å². The van der Waals surface area contributed by atoms with Gasteiger partial charge in [-0.1, -0.05) is 6.92 Å². The van der Waals surface area contributed by atoms with Crippen molar-refractivity contribution in [3.05, 3.63) is 23.3 Å². The van der Waals surface area contributed by atoms with Crippen molar-refractivity contribution in [3.63, 3.8) is 0 Å². The van der Waals surface area contributed by atoms with Crippen LogP contribution in [0.1, 0.15) is 43.9 Å². The van der Waals surface area contributed by atoms with Gasteiger partial charge in [0.25, 0.3) is 0 Å². The summed E-state index contributed by atoms with van der Waals surface area (Å²) in [6.45, 7) is 10.3. The van der Waals surface area contributed by atoms with Gasteiger partial charge in [0.05, 0.1) is 0 Å². The Bertz CT molecular complexity index is 328. The Morgan fingerprint density at radius 1 is 1.44 bits per heavy atom. The van der Waals surface area contributed by atoms with Gasteiger partial charge in [-0.3, -0.25) is 0 Å². The molecule has 1 unspecified atom stereocenters. The van der Waals surface area contributed by atoms with Crippen LogP contribution in [0.5, 0.6) is 0 Å². The van der Waals surface area contributed by atoms with Crippen LogP contribution in [0.15, 0.2) is 6.20 Å². The van der Waals surface area contributed by atoms with Gasteiger partial charge in [0.2, 0.25) is 0 Å². The van der Waals surface area contributed by atoms with E-state index in [0.717, 1.165) is 23.6 Å². The minimum Gasteiger partial charge on any atom is -0.374 e. The number of hydrogen-bond donors (Lipinski definition) is 1. The van der Waals surface area contributed by atoms with Gasteiger partial charge in [-0.15, -0.1) is 0 Å². The number of ether oxygens (including phenoxy) is 1. The number of nitrogens with zero attached hydrogens (tertiary/aromatic N) is 2. The molecule has 1 heterocycles. The van der Waals surface area contributed by atoms with Crippen molar-refractivity contribution in [2.45, 2.75) is 40.3 Å². The molecule has 4 heteroatoms. The van der Waals surface area contributed by atoms with E-state index in [4.69, 9.17) is 4.74 Å². The molecule has 1 rings (SSSR count). The lowest BCUT2D eigenvalue weighted by Crippen LogP contribution is -2.19. The third-order valence-corrected chi connectivity index (χ3v) is 2.48. The molecule has 1 aromatic heterocycles. The minimum absolute atomic E-state index is 0.297. The quantitative estimate of drug-likeness (QED) is 0.801. The van der Waals surface area contributed by atoms with E-state index >= 15 is 0 Å². The molecule has 0 fully saturated rings. The molecule has 0 spiro atoms. The highest BCUT2D eigenvalue weighted by atomic mass is 16.5. The molecule has 90 valence electrons. The van der Waals surface area contributed by atoms with Crippen molar-refractivity contribution in [1.82, 2.24) is 15.3 Å². The van der Waals surface area contributed by atoms with Gasteiger partial charge in [0.1, 0.15) is 6.61 Å². The zero-order valence-electron chi connectivity index (χ0n) is 10.6. The van der Waals surface area contributed by atoms with E-state index in [1.165, 1.54) is 0 Å². The molecule has 0 bridgehead atoms. The fourth-order valence-electron chi connectivity index (χ4n) is 1.63. The smallest absolute Gasteiger partial charge is 0.154 e. The summed E-state index contributed by atoms with van der Waals surface area (Å²) in [6.07, 6.45) is 1.89. The third-order valence-electron chi connectivity index (χ3n) is 2.48. The lowest BCUT2D eigenvalue weighted by molar-refractivity contribution is 0.128. The van der Waals surface area contributed by atoms with E-state index in [0.29, 0.717) is 19.3 Å². The fourth-order valence-corrected chi connectivity index (χ4v) is 1.63. The van der Waals surface area contributed by atoms with Crippen LogP contribution in [0, 0.1) is 6.92 Å². The van der Waals surface area contributed by atoms with Crippen molar-refractivity contribution < 1.29 is 4.74 Å². The van der Waals surface area contributed by atoms with Crippen LogP contribution in [0.4, 0.5) is 0 Å². The summed E-state index contributed by atoms with van der Waals surface area (Å²) in [6, 6.07) is 0.297. The van der Waals surface area contributed by atoms with Gasteiger partial charge >= 0.3 is 0 Å². The molecule has 0 aromatic carbocycles. The molecule has 0 aliphatic rings. The molecule has 0 amide bonds. The number of aryl methyl sites for hydroxylation is 1. The molecule has 16 heavy (non-hydrogen) atoms. The number of aromatic nitrogens is 2.